The number of aliphatic hydroxyl groups is 1. The van der Waals surface area contributed by atoms with Crippen molar-refractivity contribution < 1.29 is 38.8 Å². The SMILES string of the molecule is COc1cccc([C@H]2O[C@H](CC(=O)N[C@H](CCSC)C(=O)O)C(=O)N(CC(C)(C)CO)c3ccc(Cl)cc32)c1OC. The topological polar surface area (TPSA) is 135 Å². The summed E-state index contributed by atoms with van der Waals surface area (Å²) in [6, 6.07) is 9.21. The van der Waals surface area contributed by atoms with Crippen molar-refractivity contribution in [3.63, 3.8) is 0 Å². The third kappa shape index (κ3) is 7.85. The number of nitrogens with one attached hydrogen (secondary N) is 1. The Morgan fingerprint density at radius 1 is 1.20 bits per heavy atom. The van der Waals surface area contributed by atoms with Gasteiger partial charge in [0.2, 0.25) is 5.91 Å². The van der Waals surface area contributed by atoms with Crippen LogP contribution in [0.2, 0.25) is 5.02 Å². The van der Waals surface area contributed by atoms with Crippen molar-refractivity contribution in [2.75, 3.05) is 44.3 Å². The lowest BCUT2D eigenvalue weighted by Gasteiger charge is -2.32. The number of carbonyl (C=O) groups excluding carboxylic acids is 2. The molecule has 0 aromatic heterocycles. The van der Waals surface area contributed by atoms with Crippen LogP contribution >= 0.6 is 23.4 Å². The van der Waals surface area contributed by atoms with E-state index in [-0.39, 0.29) is 19.6 Å². The summed E-state index contributed by atoms with van der Waals surface area (Å²) in [6.45, 7) is 3.55. The third-order valence-electron chi connectivity index (χ3n) is 6.75. The van der Waals surface area contributed by atoms with Gasteiger partial charge in [-0.2, -0.15) is 11.8 Å². The second-order valence-corrected chi connectivity index (χ2v) is 11.9. The van der Waals surface area contributed by atoms with E-state index in [1.807, 2.05) is 20.1 Å². The van der Waals surface area contributed by atoms with E-state index in [4.69, 9.17) is 25.8 Å². The van der Waals surface area contributed by atoms with Crippen molar-refractivity contribution in [2.24, 2.45) is 5.41 Å². The summed E-state index contributed by atoms with van der Waals surface area (Å²) >= 11 is 7.90. The summed E-state index contributed by atoms with van der Waals surface area (Å²) < 4.78 is 17.6. The molecule has 3 N–H and O–H groups in total. The molecule has 2 aromatic rings. The fourth-order valence-electron chi connectivity index (χ4n) is 4.62. The average molecular weight is 609 g/mol. The number of methoxy groups -OCH3 is 2. The number of benzene rings is 2. The van der Waals surface area contributed by atoms with Crippen molar-refractivity contribution in [1.82, 2.24) is 5.32 Å². The molecule has 0 radical (unpaired) electrons. The molecule has 41 heavy (non-hydrogen) atoms. The minimum atomic E-state index is -1.30. The smallest absolute Gasteiger partial charge is 0.326 e. The fraction of sp³-hybridized carbons (Fsp3) is 0.483. The first-order valence-corrected chi connectivity index (χ1v) is 14.8. The van der Waals surface area contributed by atoms with Crippen LogP contribution in [0, 0.1) is 5.41 Å². The van der Waals surface area contributed by atoms with Crippen molar-refractivity contribution in [2.45, 2.75) is 44.9 Å². The molecule has 10 nitrogen and oxygen atoms in total. The van der Waals surface area contributed by atoms with Gasteiger partial charge < -0.3 is 34.6 Å². The van der Waals surface area contributed by atoms with Crippen LogP contribution in [0.25, 0.3) is 0 Å². The maximum Gasteiger partial charge on any atom is 0.326 e. The lowest BCUT2D eigenvalue weighted by atomic mass is 9.92. The Morgan fingerprint density at radius 2 is 1.93 bits per heavy atom. The quantitative estimate of drug-likeness (QED) is 0.309. The molecule has 1 heterocycles. The van der Waals surface area contributed by atoms with E-state index in [2.05, 4.69) is 5.32 Å². The second-order valence-electron chi connectivity index (χ2n) is 10.5. The molecule has 0 unspecified atom stereocenters. The number of para-hydroxylation sites is 1. The van der Waals surface area contributed by atoms with E-state index in [9.17, 15) is 24.6 Å². The number of aliphatic carboxylic acids is 1. The Hall–Kier alpha value is -2.99. The molecule has 0 spiro atoms. The number of ether oxygens (including phenoxy) is 3. The van der Waals surface area contributed by atoms with Crippen LogP contribution in [0.4, 0.5) is 5.69 Å². The summed E-state index contributed by atoms with van der Waals surface area (Å²) in [6.07, 6.45) is -0.566. The summed E-state index contributed by atoms with van der Waals surface area (Å²) in [5, 5.41) is 22.6. The minimum Gasteiger partial charge on any atom is -0.493 e. The Kier molecular flexibility index (Phi) is 11.3. The summed E-state index contributed by atoms with van der Waals surface area (Å²) in [5.74, 6) is -0.947. The first-order chi connectivity index (χ1) is 19.5. The van der Waals surface area contributed by atoms with Gasteiger partial charge in [-0.25, -0.2) is 4.79 Å². The van der Waals surface area contributed by atoms with Crippen LogP contribution in [0.3, 0.4) is 0 Å². The molecule has 2 aromatic carbocycles. The van der Waals surface area contributed by atoms with Crippen molar-refractivity contribution in [3.8, 4) is 11.5 Å². The highest BCUT2D eigenvalue weighted by atomic mass is 35.5. The van der Waals surface area contributed by atoms with E-state index in [0.29, 0.717) is 39.1 Å². The van der Waals surface area contributed by atoms with Crippen LogP contribution in [0.1, 0.15) is 43.9 Å². The molecule has 0 fully saturated rings. The van der Waals surface area contributed by atoms with E-state index in [1.54, 1.807) is 36.4 Å². The number of hydrogen-bond acceptors (Lipinski definition) is 8. The van der Waals surface area contributed by atoms with Gasteiger partial charge in [0.1, 0.15) is 18.2 Å². The van der Waals surface area contributed by atoms with Gasteiger partial charge >= 0.3 is 5.97 Å². The third-order valence-corrected chi connectivity index (χ3v) is 7.63. The van der Waals surface area contributed by atoms with Gasteiger partial charge in [-0.05, 0) is 42.7 Å². The van der Waals surface area contributed by atoms with Crippen molar-refractivity contribution in [3.05, 3.63) is 52.5 Å². The molecule has 0 saturated carbocycles. The van der Waals surface area contributed by atoms with E-state index in [0.717, 1.165) is 0 Å². The molecule has 3 atom stereocenters. The highest BCUT2D eigenvalue weighted by Crippen LogP contribution is 2.45. The minimum absolute atomic E-state index is 0.117. The molecule has 3 rings (SSSR count). The molecule has 224 valence electrons. The number of rotatable bonds is 13. The summed E-state index contributed by atoms with van der Waals surface area (Å²) in [5.41, 5.74) is 0.902. The molecular formula is C29H37ClN2O8S. The number of carboxylic acids is 1. The number of aliphatic hydroxyl groups excluding tert-OH is 1. The normalized spacial score (nSPS) is 17.8. The number of amides is 2. The predicted molar refractivity (Wildman–Crippen MR) is 158 cm³/mol. The standard InChI is InChI=1S/C29H37ClN2O8S/c1-29(2,16-33)15-32-21-10-9-17(30)13-19(21)25(18-7-6-8-22(38-3)26(18)39-4)40-23(27(32)35)14-24(34)31-20(28(36)37)11-12-41-5/h6-10,13,20,23,25,33H,11-12,14-16H2,1-5H3,(H,31,34)(H,36,37)/t20-,23-,25-/m1/s1. The highest BCUT2D eigenvalue weighted by molar-refractivity contribution is 7.98. The zero-order valence-electron chi connectivity index (χ0n) is 23.8. The second kappa shape index (κ2) is 14.3. The Morgan fingerprint density at radius 3 is 2.54 bits per heavy atom. The van der Waals surface area contributed by atoms with Crippen LogP contribution < -0.4 is 19.7 Å². The number of hydrogen-bond donors (Lipinski definition) is 3. The van der Waals surface area contributed by atoms with Gasteiger partial charge in [-0.15, -0.1) is 0 Å². The van der Waals surface area contributed by atoms with Crippen LogP contribution in [-0.4, -0.2) is 79.5 Å². The number of halogens is 1. The molecule has 0 saturated heterocycles. The molecule has 0 aliphatic carbocycles. The maximum absolute atomic E-state index is 14.1. The zero-order valence-corrected chi connectivity index (χ0v) is 25.4. The van der Waals surface area contributed by atoms with Gasteiger partial charge in [-0.3, -0.25) is 9.59 Å². The lowest BCUT2D eigenvalue weighted by molar-refractivity contribution is -0.143. The number of fused-ring (bicyclic) bond motifs is 1. The molecule has 12 heteroatoms. The van der Waals surface area contributed by atoms with Crippen molar-refractivity contribution in [1.29, 1.82) is 0 Å². The van der Waals surface area contributed by atoms with Gasteiger partial charge in [0.05, 0.1) is 20.6 Å². The highest BCUT2D eigenvalue weighted by Gasteiger charge is 2.41. The van der Waals surface area contributed by atoms with Crippen LogP contribution in [0.15, 0.2) is 36.4 Å². The Labute approximate surface area is 249 Å². The number of carbonyl (C=O) groups is 3. The van der Waals surface area contributed by atoms with Crippen molar-refractivity contribution >= 4 is 46.8 Å². The fourth-order valence-corrected chi connectivity index (χ4v) is 5.27. The van der Waals surface area contributed by atoms with Crippen LogP contribution in [-0.2, 0) is 19.1 Å². The number of anilines is 1. The largest absolute Gasteiger partial charge is 0.493 e. The molecule has 1 aliphatic rings. The van der Waals surface area contributed by atoms with Gasteiger partial charge in [0.25, 0.3) is 5.91 Å². The number of thioether (sulfide) groups is 1. The van der Waals surface area contributed by atoms with E-state index >= 15 is 0 Å². The number of carboxylic acid groups (broad SMARTS) is 1. The monoisotopic (exact) mass is 608 g/mol. The van der Waals surface area contributed by atoms with Crippen LogP contribution in [0.5, 0.6) is 11.5 Å². The Balaban J connectivity index is 2.13. The first-order valence-electron chi connectivity index (χ1n) is 13.1. The van der Waals surface area contributed by atoms with Gasteiger partial charge in [0.15, 0.2) is 11.5 Å². The van der Waals surface area contributed by atoms with E-state index < -0.39 is 47.9 Å². The molecule has 2 amide bonds. The summed E-state index contributed by atoms with van der Waals surface area (Å²) in [4.78, 5) is 40.5. The van der Waals surface area contributed by atoms with Gasteiger partial charge in [0, 0.05) is 40.4 Å². The lowest BCUT2D eigenvalue weighted by Crippen LogP contribution is -2.48. The maximum atomic E-state index is 14.1. The predicted octanol–water partition coefficient (Wildman–Crippen LogP) is 3.91. The zero-order chi connectivity index (χ0) is 30.3. The molecule has 0 bridgehead atoms. The molecular weight excluding hydrogens is 572 g/mol. The average Bonchev–Trinajstić information content (AvgIpc) is 3.04. The first kappa shape index (κ1) is 32.5. The molecule has 1 aliphatic heterocycles. The van der Waals surface area contributed by atoms with Gasteiger partial charge in [-0.1, -0.05) is 37.6 Å². The van der Waals surface area contributed by atoms with E-state index in [1.165, 1.54) is 30.9 Å². The Bertz CT molecular complexity index is 1260. The summed E-state index contributed by atoms with van der Waals surface area (Å²) in [7, 11) is 3.00. The number of nitrogens with zero attached hydrogens (tertiary/aromatic N) is 1.